The zero-order chi connectivity index (χ0) is 19.1. The van der Waals surface area contributed by atoms with Gasteiger partial charge in [0.15, 0.2) is 0 Å². The van der Waals surface area contributed by atoms with Crippen molar-refractivity contribution in [3.05, 3.63) is 29.8 Å². The first-order valence-corrected chi connectivity index (χ1v) is 9.10. The first-order chi connectivity index (χ1) is 12.4. The number of rotatable bonds is 7. The molecule has 1 aliphatic rings. The van der Waals surface area contributed by atoms with Crippen LogP contribution in [-0.2, 0) is 9.59 Å². The second kappa shape index (κ2) is 9.22. The van der Waals surface area contributed by atoms with Gasteiger partial charge in [0.05, 0.1) is 5.56 Å². The fourth-order valence-electron chi connectivity index (χ4n) is 2.96. The molecule has 2 unspecified atom stereocenters. The van der Waals surface area contributed by atoms with Crippen LogP contribution in [-0.4, -0.2) is 52.9 Å². The number of nitrogens with zero attached hydrogens (tertiary/aromatic N) is 1. The van der Waals surface area contributed by atoms with E-state index in [1.54, 1.807) is 18.2 Å². The van der Waals surface area contributed by atoms with Crippen molar-refractivity contribution in [3.63, 3.8) is 0 Å². The molecular weight excluding hydrogens is 334 g/mol. The minimum absolute atomic E-state index is 0.0923. The van der Waals surface area contributed by atoms with Crippen molar-refractivity contribution in [1.29, 1.82) is 0 Å². The predicted octanol–water partition coefficient (Wildman–Crippen LogP) is 1.42. The maximum atomic E-state index is 12.6. The van der Waals surface area contributed by atoms with Gasteiger partial charge < -0.3 is 20.6 Å². The molecule has 26 heavy (non-hydrogen) atoms. The Balaban J connectivity index is 1.89. The molecule has 1 fully saturated rings. The molecule has 0 aromatic heterocycles. The van der Waals surface area contributed by atoms with E-state index < -0.39 is 6.04 Å². The zero-order valence-electron chi connectivity index (χ0n) is 15.3. The van der Waals surface area contributed by atoms with E-state index in [1.165, 1.54) is 11.0 Å². The topological polar surface area (TPSA) is 98.7 Å². The maximum absolute atomic E-state index is 12.6. The van der Waals surface area contributed by atoms with Gasteiger partial charge in [-0.05, 0) is 38.3 Å². The molecule has 1 aliphatic heterocycles. The highest BCUT2D eigenvalue weighted by Crippen LogP contribution is 2.24. The summed E-state index contributed by atoms with van der Waals surface area (Å²) in [5.41, 5.74) is 0.195. The summed E-state index contributed by atoms with van der Waals surface area (Å²) in [4.78, 5) is 38.3. The largest absolute Gasteiger partial charge is 0.507 e. The minimum atomic E-state index is -0.570. The normalized spacial score (nSPS) is 17.6. The van der Waals surface area contributed by atoms with Gasteiger partial charge in [0.2, 0.25) is 11.8 Å². The number of hydrogen-bond acceptors (Lipinski definition) is 4. The van der Waals surface area contributed by atoms with Gasteiger partial charge >= 0.3 is 0 Å². The minimum Gasteiger partial charge on any atom is -0.507 e. The Morgan fingerprint density at radius 3 is 2.73 bits per heavy atom. The van der Waals surface area contributed by atoms with E-state index in [2.05, 4.69) is 10.6 Å². The molecule has 0 bridgehead atoms. The van der Waals surface area contributed by atoms with E-state index in [0.717, 1.165) is 12.8 Å². The van der Waals surface area contributed by atoms with Crippen LogP contribution in [0.1, 0.15) is 49.9 Å². The van der Waals surface area contributed by atoms with Gasteiger partial charge in [-0.15, -0.1) is 0 Å². The van der Waals surface area contributed by atoms with Crippen LogP contribution in [0.25, 0.3) is 0 Å². The summed E-state index contributed by atoms with van der Waals surface area (Å²) in [5.74, 6) is -0.809. The number of para-hydroxylation sites is 1. The highest BCUT2D eigenvalue weighted by atomic mass is 16.3. The fraction of sp³-hybridized carbons (Fsp3) is 0.526. The van der Waals surface area contributed by atoms with Crippen LogP contribution >= 0.6 is 0 Å². The zero-order valence-corrected chi connectivity index (χ0v) is 15.3. The van der Waals surface area contributed by atoms with E-state index >= 15 is 0 Å². The number of amides is 3. The second-order valence-corrected chi connectivity index (χ2v) is 6.59. The van der Waals surface area contributed by atoms with Crippen LogP contribution < -0.4 is 10.6 Å². The van der Waals surface area contributed by atoms with Crippen molar-refractivity contribution in [2.24, 2.45) is 0 Å². The van der Waals surface area contributed by atoms with Crippen molar-refractivity contribution in [2.45, 2.75) is 51.6 Å². The molecule has 7 heteroatoms. The first-order valence-electron chi connectivity index (χ1n) is 9.10. The summed E-state index contributed by atoms with van der Waals surface area (Å²) >= 11 is 0. The Morgan fingerprint density at radius 2 is 2.04 bits per heavy atom. The van der Waals surface area contributed by atoms with Crippen molar-refractivity contribution >= 4 is 17.7 Å². The highest BCUT2D eigenvalue weighted by molar-refractivity contribution is 5.99. The second-order valence-electron chi connectivity index (χ2n) is 6.59. The average Bonchev–Trinajstić information content (AvgIpc) is 3.11. The van der Waals surface area contributed by atoms with Crippen molar-refractivity contribution < 1.29 is 19.5 Å². The molecule has 2 atom stereocenters. The van der Waals surface area contributed by atoms with Crippen LogP contribution in [0, 0.1) is 0 Å². The van der Waals surface area contributed by atoms with E-state index in [9.17, 15) is 19.5 Å². The molecule has 1 saturated heterocycles. The number of likely N-dealkylation sites (tertiary alicyclic amines) is 1. The molecule has 3 amide bonds. The average molecular weight is 361 g/mol. The highest BCUT2D eigenvalue weighted by Gasteiger charge is 2.35. The Hall–Kier alpha value is -2.57. The summed E-state index contributed by atoms with van der Waals surface area (Å²) in [6, 6.07) is 5.86. The number of carbonyl (C=O) groups excluding carboxylic acids is 3. The van der Waals surface area contributed by atoms with Crippen LogP contribution in [0.3, 0.4) is 0 Å². The molecule has 0 radical (unpaired) electrons. The molecule has 3 N–H and O–H groups in total. The van der Waals surface area contributed by atoms with E-state index in [1.807, 2.05) is 13.8 Å². The van der Waals surface area contributed by atoms with Gasteiger partial charge in [0.1, 0.15) is 11.8 Å². The number of phenolic OH excluding ortho intramolecular Hbond substituents is 1. The SMILES string of the molecule is CCC(C)NC(=O)CCNC(=O)C1CCCN1C(=O)c1ccccc1O. The van der Waals surface area contributed by atoms with E-state index in [0.29, 0.717) is 13.0 Å². The first kappa shape index (κ1) is 19.8. The lowest BCUT2D eigenvalue weighted by atomic mass is 10.1. The third-order valence-electron chi connectivity index (χ3n) is 4.62. The molecule has 0 spiro atoms. The number of benzene rings is 1. The molecule has 2 rings (SSSR count). The summed E-state index contributed by atoms with van der Waals surface area (Å²) in [6.45, 7) is 4.62. The van der Waals surface area contributed by atoms with Gasteiger partial charge in [-0.1, -0.05) is 19.1 Å². The summed E-state index contributed by atoms with van der Waals surface area (Å²) in [7, 11) is 0. The summed E-state index contributed by atoms with van der Waals surface area (Å²) in [5, 5.41) is 15.5. The maximum Gasteiger partial charge on any atom is 0.258 e. The van der Waals surface area contributed by atoms with Crippen molar-refractivity contribution in [2.75, 3.05) is 13.1 Å². The van der Waals surface area contributed by atoms with E-state index in [4.69, 9.17) is 0 Å². The molecule has 0 saturated carbocycles. The molecule has 1 aromatic rings. The van der Waals surface area contributed by atoms with Gasteiger partial charge in [-0.25, -0.2) is 0 Å². The van der Waals surface area contributed by atoms with Crippen LogP contribution in [0.15, 0.2) is 24.3 Å². The fourth-order valence-corrected chi connectivity index (χ4v) is 2.96. The van der Waals surface area contributed by atoms with Crippen molar-refractivity contribution in [3.8, 4) is 5.75 Å². The monoisotopic (exact) mass is 361 g/mol. The smallest absolute Gasteiger partial charge is 0.258 e. The van der Waals surface area contributed by atoms with Crippen molar-refractivity contribution in [1.82, 2.24) is 15.5 Å². The predicted molar refractivity (Wildman–Crippen MR) is 97.7 cm³/mol. The lowest BCUT2D eigenvalue weighted by Crippen LogP contribution is -2.46. The Labute approximate surface area is 153 Å². The quantitative estimate of drug-likeness (QED) is 0.684. The number of aromatic hydroxyl groups is 1. The van der Waals surface area contributed by atoms with E-state index in [-0.39, 0.29) is 48.0 Å². The lowest BCUT2D eigenvalue weighted by molar-refractivity contribution is -0.125. The van der Waals surface area contributed by atoms with Crippen LogP contribution in [0.5, 0.6) is 5.75 Å². The number of phenols is 1. The molecule has 0 aliphatic carbocycles. The lowest BCUT2D eigenvalue weighted by Gasteiger charge is -2.24. The molecule has 1 aromatic carbocycles. The third-order valence-corrected chi connectivity index (χ3v) is 4.62. The molecule has 142 valence electrons. The number of hydrogen-bond donors (Lipinski definition) is 3. The third kappa shape index (κ3) is 4.97. The molecule has 1 heterocycles. The standard InChI is InChI=1S/C19H27N3O4/c1-3-13(2)21-17(24)10-11-20-18(25)15-8-6-12-22(15)19(26)14-7-4-5-9-16(14)23/h4-5,7,9,13,15,23H,3,6,8,10-12H2,1-2H3,(H,20,25)(H,21,24). The Kier molecular flexibility index (Phi) is 7.00. The van der Waals surface area contributed by atoms with Gasteiger partial charge in [-0.2, -0.15) is 0 Å². The molecular formula is C19H27N3O4. The van der Waals surface area contributed by atoms with Gasteiger partial charge in [0.25, 0.3) is 5.91 Å². The summed E-state index contributed by atoms with van der Waals surface area (Å²) < 4.78 is 0. The number of nitrogens with one attached hydrogen (secondary N) is 2. The Bertz CT molecular complexity index is 662. The van der Waals surface area contributed by atoms with Gasteiger partial charge in [-0.3, -0.25) is 14.4 Å². The Morgan fingerprint density at radius 1 is 1.31 bits per heavy atom. The van der Waals surface area contributed by atoms with Crippen LogP contribution in [0.4, 0.5) is 0 Å². The summed E-state index contributed by atoms with van der Waals surface area (Å²) in [6.07, 6.45) is 2.36. The van der Waals surface area contributed by atoms with Crippen LogP contribution in [0.2, 0.25) is 0 Å². The number of carbonyl (C=O) groups is 3. The molecule has 7 nitrogen and oxygen atoms in total. The van der Waals surface area contributed by atoms with Gasteiger partial charge in [0, 0.05) is 25.6 Å².